The van der Waals surface area contributed by atoms with E-state index in [4.69, 9.17) is 4.74 Å². The second-order valence-corrected chi connectivity index (χ2v) is 3.79. The molecule has 1 N–H and O–H groups in total. The Morgan fingerprint density at radius 2 is 2.12 bits per heavy atom. The van der Waals surface area contributed by atoms with Crippen molar-refractivity contribution in [2.24, 2.45) is 4.99 Å². The zero-order chi connectivity index (χ0) is 12.0. The van der Waals surface area contributed by atoms with Crippen LogP contribution >= 0.6 is 0 Å². The highest BCUT2D eigenvalue weighted by Gasteiger charge is 2.09. The lowest BCUT2D eigenvalue weighted by Crippen LogP contribution is -2.09. The second kappa shape index (κ2) is 6.16. The minimum Gasteiger partial charge on any atom is -0.507 e. The summed E-state index contributed by atoms with van der Waals surface area (Å²) in [7, 11) is 1.57. The summed E-state index contributed by atoms with van der Waals surface area (Å²) in [5, 5.41) is 9.69. The Kier molecular flexibility index (Phi) is 4.83. The van der Waals surface area contributed by atoms with Gasteiger partial charge in [-0.1, -0.05) is 25.5 Å². The van der Waals surface area contributed by atoms with E-state index < -0.39 is 0 Å². The maximum absolute atomic E-state index is 9.69. The summed E-state index contributed by atoms with van der Waals surface area (Å²) in [6, 6.07) is 7.28. The summed E-state index contributed by atoms with van der Waals surface area (Å²) in [5.74, 6) is 0.700. The summed E-state index contributed by atoms with van der Waals surface area (Å²) in [6.45, 7) is 4.17. The molecule has 1 aromatic rings. The Hall–Kier alpha value is -1.51. The maximum Gasteiger partial charge on any atom is 0.219 e. The van der Waals surface area contributed by atoms with Crippen molar-refractivity contribution in [3.05, 3.63) is 29.8 Å². The third-order valence-electron chi connectivity index (χ3n) is 2.37. The summed E-state index contributed by atoms with van der Waals surface area (Å²) < 4.78 is 5.22. The molecule has 1 unspecified atom stereocenters. The molecule has 0 saturated heterocycles. The van der Waals surface area contributed by atoms with Crippen molar-refractivity contribution in [2.45, 2.75) is 32.7 Å². The molecule has 0 amide bonds. The van der Waals surface area contributed by atoms with Crippen LogP contribution in [0, 0.1) is 0 Å². The molecular weight excluding hydrogens is 202 g/mol. The summed E-state index contributed by atoms with van der Waals surface area (Å²) in [6.07, 6.45) is 2.10. The van der Waals surface area contributed by atoms with Crippen LogP contribution in [0.5, 0.6) is 5.75 Å². The molecule has 0 aliphatic rings. The number of para-hydroxylation sites is 1. The second-order valence-electron chi connectivity index (χ2n) is 3.79. The van der Waals surface area contributed by atoms with Crippen LogP contribution in [-0.4, -0.2) is 24.2 Å². The molecule has 0 bridgehead atoms. The molecule has 0 heterocycles. The van der Waals surface area contributed by atoms with Gasteiger partial charge in [0.1, 0.15) is 5.75 Å². The third-order valence-corrected chi connectivity index (χ3v) is 2.37. The van der Waals surface area contributed by atoms with Crippen molar-refractivity contribution in [1.29, 1.82) is 0 Å². The van der Waals surface area contributed by atoms with Gasteiger partial charge in [-0.2, -0.15) is 0 Å². The first kappa shape index (κ1) is 12.6. The van der Waals surface area contributed by atoms with Gasteiger partial charge in [0, 0.05) is 0 Å². The fourth-order valence-electron chi connectivity index (χ4n) is 1.57. The summed E-state index contributed by atoms with van der Waals surface area (Å²) >= 11 is 0. The lowest BCUT2D eigenvalue weighted by Gasteiger charge is -2.10. The van der Waals surface area contributed by atoms with E-state index in [0.717, 1.165) is 12.8 Å². The SMILES string of the molecule is CCCC(C)N=C(OC)c1ccccc1O. The first-order chi connectivity index (χ1) is 7.69. The topological polar surface area (TPSA) is 41.8 Å². The predicted octanol–water partition coefficient (Wildman–Crippen LogP) is 2.97. The van der Waals surface area contributed by atoms with Gasteiger partial charge in [-0.15, -0.1) is 0 Å². The van der Waals surface area contributed by atoms with Crippen LogP contribution in [0.4, 0.5) is 0 Å². The number of rotatable bonds is 4. The zero-order valence-electron chi connectivity index (χ0n) is 10.1. The van der Waals surface area contributed by atoms with Crippen molar-refractivity contribution in [1.82, 2.24) is 0 Å². The quantitative estimate of drug-likeness (QED) is 0.627. The van der Waals surface area contributed by atoms with Crippen molar-refractivity contribution >= 4 is 5.90 Å². The Labute approximate surface area is 96.8 Å². The number of ether oxygens (including phenoxy) is 1. The summed E-state index contributed by atoms with van der Waals surface area (Å²) in [5.41, 5.74) is 0.646. The number of aromatic hydroxyl groups is 1. The van der Waals surface area contributed by atoms with Crippen LogP contribution in [0.2, 0.25) is 0 Å². The minimum atomic E-state index is 0.201. The number of hydrogen-bond donors (Lipinski definition) is 1. The van der Waals surface area contributed by atoms with Gasteiger partial charge in [0.25, 0.3) is 0 Å². The number of phenolic OH excluding ortho intramolecular Hbond substituents is 1. The molecule has 1 atom stereocenters. The maximum atomic E-state index is 9.69. The number of methoxy groups -OCH3 is 1. The lowest BCUT2D eigenvalue weighted by atomic mass is 10.1. The molecule has 0 fully saturated rings. The molecule has 0 aliphatic carbocycles. The molecule has 1 rings (SSSR count). The van der Waals surface area contributed by atoms with Gasteiger partial charge in [0.05, 0.1) is 18.7 Å². The van der Waals surface area contributed by atoms with Crippen LogP contribution in [-0.2, 0) is 4.74 Å². The van der Waals surface area contributed by atoms with E-state index in [9.17, 15) is 5.11 Å². The molecule has 3 nitrogen and oxygen atoms in total. The average molecular weight is 221 g/mol. The van der Waals surface area contributed by atoms with Crippen molar-refractivity contribution in [2.75, 3.05) is 7.11 Å². The summed E-state index contributed by atoms with van der Waals surface area (Å²) in [4.78, 5) is 4.45. The van der Waals surface area contributed by atoms with Gasteiger partial charge < -0.3 is 9.84 Å². The number of aliphatic imine (C=N–C) groups is 1. The molecule has 0 radical (unpaired) electrons. The smallest absolute Gasteiger partial charge is 0.219 e. The van der Waals surface area contributed by atoms with Gasteiger partial charge in [0.2, 0.25) is 5.90 Å². The van der Waals surface area contributed by atoms with E-state index in [1.54, 1.807) is 25.3 Å². The van der Waals surface area contributed by atoms with Crippen LogP contribution in [0.25, 0.3) is 0 Å². The van der Waals surface area contributed by atoms with Gasteiger partial charge in [-0.3, -0.25) is 0 Å². The Morgan fingerprint density at radius 1 is 1.44 bits per heavy atom. The highest BCUT2D eigenvalue weighted by Crippen LogP contribution is 2.18. The van der Waals surface area contributed by atoms with Gasteiger partial charge in [-0.05, 0) is 25.5 Å². The number of hydrogen-bond acceptors (Lipinski definition) is 3. The monoisotopic (exact) mass is 221 g/mol. The number of phenols is 1. The first-order valence-electron chi connectivity index (χ1n) is 5.59. The van der Waals surface area contributed by atoms with E-state index >= 15 is 0 Å². The highest BCUT2D eigenvalue weighted by atomic mass is 16.5. The number of benzene rings is 1. The van der Waals surface area contributed by atoms with Crippen LogP contribution in [0.15, 0.2) is 29.3 Å². The van der Waals surface area contributed by atoms with Gasteiger partial charge >= 0.3 is 0 Å². The molecule has 0 spiro atoms. The Balaban J connectivity index is 2.94. The fraction of sp³-hybridized carbons (Fsp3) is 0.462. The molecule has 0 saturated carbocycles. The van der Waals surface area contributed by atoms with Crippen LogP contribution in [0.1, 0.15) is 32.3 Å². The zero-order valence-corrected chi connectivity index (χ0v) is 10.1. The number of nitrogens with zero attached hydrogens (tertiary/aromatic N) is 1. The lowest BCUT2D eigenvalue weighted by molar-refractivity contribution is 0.393. The van der Waals surface area contributed by atoms with E-state index in [1.807, 2.05) is 13.0 Å². The van der Waals surface area contributed by atoms with Crippen molar-refractivity contribution in [3.8, 4) is 5.75 Å². The average Bonchev–Trinajstić information content (AvgIpc) is 2.27. The highest BCUT2D eigenvalue weighted by molar-refractivity contribution is 5.96. The van der Waals surface area contributed by atoms with E-state index in [2.05, 4.69) is 11.9 Å². The van der Waals surface area contributed by atoms with E-state index in [0.29, 0.717) is 11.5 Å². The van der Waals surface area contributed by atoms with Crippen LogP contribution in [0.3, 0.4) is 0 Å². The molecular formula is C13H19NO2. The van der Waals surface area contributed by atoms with E-state index in [1.165, 1.54) is 0 Å². The molecule has 0 aromatic heterocycles. The normalized spacial score (nSPS) is 13.6. The molecule has 0 aliphatic heterocycles. The van der Waals surface area contributed by atoms with E-state index in [-0.39, 0.29) is 11.8 Å². The van der Waals surface area contributed by atoms with Gasteiger partial charge in [-0.25, -0.2) is 4.99 Å². The molecule has 16 heavy (non-hydrogen) atoms. The largest absolute Gasteiger partial charge is 0.507 e. The minimum absolute atomic E-state index is 0.201. The molecule has 3 heteroatoms. The first-order valence-corrected chi connectivity index (χ1v) is 5.59. The predicted molar refractivity (Wildman–Crippen MR) is 66.0 cm³/mol. The van der Waals surface area contributed by atoms with Gasteiger partial charge in [0.15, 0.2) is 0 Å². The Morgan fingerprint density at radius 3 is 2.69 bits per heavy atom. The fourth-order valence-corrected chi connectivity index (χ4v) is 1.57. The van der Waals surface area contributed by atoms with Crippen molar-refractivity contribution < 1.29 is 9.84 Å². The third kappa shape index (κ3) is 3.26. The Bertz CT molecular complexity index is 361. The van der Waals surface area contributed by atoms with Crippen LogP contribution < -0.4 is 0 Å². The molecule has 1 aromatic carbocycles. The van der Waals surface area contributed by atoms with Crippen molar-refractivity contribution in [3.63, 3.8) is 0 Å². The molecule has 88 valence electrons. The standard InChI is InChI=1S/C13H19NO2/c1-4-7-10(2)14-13(16-3)11-8-5-6-9-12(11)15/h5-6,8-10,15H,4,7H2,1-3H3.